The maximum Gasteiger partial charge on any atom is 0.0894 e. The van der Waals surface area contributed by atoms with Crippen LogP contribution in [0, 0.1) is 13.1 Å². The summed E-state index contributed by atoms with van der Waals surface area (Å²) >= 11 is 0. The van der Waals surface area contributed by atoms with Crippen molar-refractivity contribution in [3.63, 3.8) is 0 Å². The minimum Gasteiger partial charge on any atom is -0.360 e. The van der Waals surface area contributed by atoms with Crippen molar-refractivity contribution in [1.29, 1.82) is 0 Å². The van der Waals surface area contributed by atoms with Crippen LogP contribution in [0.5, 0.6) is 0 Å². The Kier molecular flexibility index (Phi) is 1.01. The van der Waals surface area contributed by atoms with E-state index in [1.54, 1.807) is 6.20 Å². The summed E-state index contributed by atoms with van der Waals surface area (Å²) in [5.74, 6) is 0. The lowest BCUT2D eigenvalue weighted by atomic mass is 10.2. The standard InChI is InChI=1S/C8H7N2/c1-6-4-10-8-5-9-3-2-7(6)8/h2,4-5,10H,1H3. The van der Waals surface area contributed by atoms with Crippen LogP contribution in [0.3, 0.4) is 0 Å². The van der Waals surface area contributed by atoms with Crippen LogP contribution in [0.1, 0.15) is 5.56 Å². The molecule has 0 amide bonds. The number of hydrogen-bond donors (Lipinski definition) is 1. The molecule has 2 aromatic heterocycles. The van der Waals surface area contributed by atoms with Gasteiger partial charge in [0.2, 0.25) is 0 Å². The van der Waals surface area contributed by atoms with E-state index in [0.29, 0.717) is 0 Å². The molecule has 0 saturated heterocycles. The van der Waals surface area contributed by atoms with Crippen molar-refractivity contribution in [3.8, 4) is 0 Å². The molecule has 0 fully saturated rings. The fourth-order valence-corrected chi connectivity index (χ4v) is 1.06. The first-order chi connectivity index (χ1) is 4.88. The van der Waals surface area contributed by atoms with E-state index < -0.39 is 0 Å². The van der Waals surface area contributed by atoms with Gasteiger partial charge in [-0.1, -0.05) is 0 Å². The van der Waals surface area contributed by atoms with Crippen LogP contribution in [-0.2, 0) is 0 Å². The zero-order valence-corrected chi connectivity index (χ0v) is 5.68. The number of aromatic nitrogens is 2. The number of H-pyrrole nitrogens is 1. The quantitative estimate of drug-likeness (QED) is 0.578. The van der Waals surface area contributed by atoms with Gasteiger partial charge < -0.3 is 4.98 Å². The Morgan fingerprint density at radius 3 is 3.30 bits per heavy atom. The molecule has 0 atom stereocenters. The molecule has 49 valence electrons. The molecule has 0 spiro atoms. The van der Waals surface area contributed by atoms with Gasteiger partial charge in [-0.15, -0.1) is 0 Å². The highest BCUT2D eigenvalue weighted by molar-refractivity contribution is 5.81. The third kappa shape index (κ3) is 0.620. The summed E-state index contributed by atoms with van der Waals surface area (Å²) in [5.41, 5.74) is 2.32. The number of nitrogens with zero attached hydrogens (tertiary/aromatic N) is 1. The van der Waals surface area contributed by atoms with Crippen molar-refractivity contribution in [2.24, 2.45) is 0 Å². The summed E-state index contributed by atoms with van der Waals surface area (Å²) in [5, 5.41) is 1.20. The van der Waals surface area contributed by atoms with Crippen molar-refractivity contribution < 1.29 is 0 Å². The molecule has 1 N–H and O–H groups in total. The molecular formula is C8H7N2. The van der Waals surface area contributed by atoms with Gasteiger partial charge in [-0.05, 0) is 18.6 Å². The Morgan fingerprint density at radius 1 is 1.60 bits per heavy atom. The Morgan fingerprint density at radius 2 is 2.50 bits per heavy atom. The van der Waals surface area contributed by atoms with E-state index >= 15 is 0 Å². The Labute approximate surface area is 58.9 Å². The number of aryl methyl sites for hydroxylation is 1. The van der Waals surface area contributed by atoms with Crippen LogP contribution in [0.25, 0.3) is 10.9 Å². The largest absolute Gasteiger partial charge is 0.360 e. The highest BCUT2D eigenvalue weighted by atomic mass is 14.7. The van der Waals surface area contributed by atoms with Gasteiger partial charge in [-0.2, -0.15) is 0 Å². The van der Waals surface area contributed by atoms with E-state index in [4.69, 9.17) is 0 Å². The van der Waals surface area contributed by atoms with Crippen molar-refractivity contribution in [1.82, 2.24) is 9.97 Å². The SMILES string of the molecule is Cc1c[nH]c2cn[c]cc12. The molecule has 10 heavy (non-hydrogen) atoms. The lowest BCUT2D eigenvalue weighted by Gasteiger charge is -1.85. The number of aromatic amines is 1. The molecular weight excluding hydrogens is 124 g/mol. The van der Waals surface area contributed by atoms with Gasteiger partial charge in [-0.3, -0.25) is 4.98 Å². The Hall–Kier alpha value is -1.31. The van der Waals surface area contributed by atoms with Gasteiger partial charge in [0, 0.05) is 11.6 Å². The van der Waals surface area contributed by atoms with E-state index in [0.717, 1.165) is 5.52 Å². The maximum atomic E-state index is 3.87. The number of rotatable bonds is 0. The predicted octanol–water partition coefficient (Wildman–Crippen LogP) is 1.67. The summed E-state index contributed by atoms with van der Waals surface area (Å²) in [6.45, 7) is 2.06. The van der Waals surface area contributed by atoms with Crippen LogP contribution < -0.4 is 0 Å². The van der Waals surface area contributed by atoms with Crippen molar-refractivity contribution in [2.45, 2.75) is 6.92 Å². The van der Waals surface area contributed by atoms with Crippen molar-refractivity contribution >= 4 is 10.9 Å². The van der Waals surface area contributed by atoms with Crippen molar-refractivity contribution in [3.05, 3.63) is 30.2 Å². The summed E-state index contributed by atoms with van der Waals surface area (Å²) < 4.78 is 0. The normalized spacial score (nSPS) is 10.5. The lowest BCUT2D eigenvalue weighted by molar-refractivity contribution is 1.32. The molecule has 0 aliphatic rings. The summed E-state index contributed by atoms with van der Waals surface area (Å²) in [7, 11) is 0. The molecule has 0 aliphatic carbocycles. The Balaban J connectivity index is 2.93. The van der Waals surface area contributed by atoms with Gasteiger partial charge in [-0.25, -0.2) is 0 Å². The minimum atomic E-state index is 1.08. The van der Waals surface area contributed by atoms with Gasteiger partial charge in [0.05, 0.1) is 17.9 Å². The average molecular weight is 131 g/mol. The topological polar surface area (TPSA) is 28.7 Å². The predicted molar refractivity (Wildman–Crippen MR) is 39.7 cm³/mol. The maximum absolute atomic E-state index is 3.87. The molecule has 0 saturated carbocycles. The van der Waals surface area contributed by atoms with E-state index in [2.05, 4.69) is 23.1 Å². The molecule has 0 bridgehead atoms. The smallest absolute Gasteiger partial charge is 0.0894 e. The van der Waals surface area contributed by atoms with Gasteiger partial charge >= 0.3 is 0 Å². The average Bonchev–Trinajstić information content (AvgIpc) is 2.34. The lowest BCUT2D eigenvalue weighted by Crippen LogP contribution is -1.71. The first-order valence-corrected chi connectivity index (χ1v) is 3.18. The second kappa shape index (κ2) is 1.84. The summed E-state index contributed by atoms with van der Waals surface area (Å²) in [6.07, 6.45) is 6.54. The molecule has 2 rings (SSSR count). The number of fused-ring (bicyclic) bond motifs is 1. The van der Waals surface area contributed by atoms with E-state index in [-0.39, 0.29) is 0 Å². The zero-order chi connectivity index (χ0) is 6.97. The van der Waals surface area contributed by atoms with Crippen LogP contribution in [0.4, 0.5) is 0 Å². The molecule has 1 radical (unpaired) electrons. The molecule has 0 aliphatic heterocycles. The van der Waals surface area contributed by atoms with Crippen LogP contribution in [-0.4, -0.2) is 9.97 Å². The third-order valence-electron chi connectivity index (χ3n) is 1.64. The Bertz CT molecular complexity index is 349. The van der Waals surface area contributed by atoms with E-state index in [1.165, 1.54) is 10.9 Å². The van der Waals surface area contributed by atoms with E-state index in [1.807, 2.05) is 12.3 Å². The fraction of sp³-hybridized carbons (Fsp3) is 0.125. The van der Waals surface area contributed by atoms with Gasteiger partial charge in [0.1, 0.15) is 0 Å². The molecule has 0 unspecified atom stereocenters. The number of hydrogen-bond acceptors (Lipinski definition) is 1. The van der Waals surface area contributed by atoms with Crippen molar-refractivity contribution in [2.75, 3.05) is 0 Å². The fourth-order valence-electron chi connectivity index (χ4n) is 1.06. The summed E-state index contributed by atoms with van der Waals surface area (Å²) in [6, 6.07) is 1.89. The first kappa shape index (κ1) is 5.47. The molecule has 2 heterocycles. The molecule has 2 aromatic rings. The van der Waals surface area contributed by atoms with Crippen LogP contribution in [0.2, 0.25) is 0 Å². The van der Waals surface area contributed by atoms with Gasteiger partial charge in [0.15, 0.2) is 0 Å². The first-order valence-electron chi connectivity index (χ1n) is 3.18. The molecule has 0 aromatic carbocycles. The highest BCUT2D eigenvalue weighted by Crippen LogP contribution is 2.13. The van der Waals surface area contributed by atoms with Gasteiger partial charge in [0.25, 0.3) is 0 Å². The molecule has 2 heteroatoms. The van der Waals surface area contributed by atoms with E-state index in [9.17, 15) is 0 Å². The monoisotopic (exact) mass is 131 g/mol. The van der Waals surface area contributed by atoms with Crippen LogP contribution in [0.15, 0.2) is 18.5 Å². The zero-order valence-electron chi connectivity index (χ0n) is 5.68. The minimum absolute atomic E-state index is 1.08. The summed E-state index contributed by atoms with van der Waals surface area (Å²) in [4.78, 5) is 6.98. The second-order valence-electron chi connectivity index (χ2n) is 2.33. The number of nitrogens with one attached hydrogen (secondary N) is 1. The van der Waals surface area contributed by atoms with Crippen LogP contribution >= 0.6 is 0 Å². The molecule has 2 nitrogen and oxygen atoms in total. The number of pyridine rings is 1. The second-order valence-corrected chi connectivity index (χ2v) is 2.33. The highest BCUT2D eigenvalue weighted by Gasteiger charge is 1.95. The third-order valence-corrected chi connectivity index (χ3v) is 1.64.